The van der Waals surface area contributed by atoms with Crippen LogP contribution in [0.25, 0.3) is 23.0 Å². The minimum atomic E-state index is 0. The molecule has 6 heterocycles. The van der Waals surface area contributed by atoms with Crippen LogP contribution in [-0.4, -0.2) is 60.4 Å². The largest absolute Gasteiger partial charge is 0.497 e. The average molecular weight is 733 g/mol. The Hall–Kier alpha value is -4.46. The second-order valence-corrected chi connectivity index (χ2v) is 8.47. The van der Waals surface area contributed by atoms with Gasteiger partial charge in [-0.2, -0.15) is 0 Å². The molecule has 0 amide bonds. The van der Waals surface area contributed by atoms with Crippen molar-refractivity contribution >= 4 is 0 Å². The number of aliphatic hydroxyl groups is 1. The molecule has 0 radical (unpaired) electrons. The van der Waals surface area contributed by atoms with Gasteiger partial charge >= 0.3 is 0 Å². The molecule has 216 valence electrons. The van der Waals surface area contributed by atoms with Crippen molar-refractivity contribution in [1.29, 1.82) is 0 Å². The molecule has 12 nitrogen and oxygen atoms in total. The number of methoxy groups -OCH3 is 1. The summed E-state index contributed by atoms with van der Waals surface area (Å²) in [6.45, 7) is 0.0277. The summed E-state index contributed by atoms with van der Waals surface area (Å²) < 4.78 is 12.7. The van der Waals surface area contributed by atoms with E-state index in [4.69, 9.17) is 9.84 Å². The van der Waals surface area contributed by atoms with Crippen molar-refractivity contribution in [3.63, 3.8) is 0 Å². The number of aliphatic hydroxyl groups excluding tert-OH is 1. The van der Waals surface area contributed by atoms with Crippen LogP contribution >= 0.6 is 0 Å². The summed E-state index contributed by atoms with van der Waals surface area (Å²) in [5, 5.41) is 8.97. The van der Waals surface area contributed by atoms with Crippen LogP contribution in [0.15, 0.2) is 98.9 Å². The van der Waals surface area contributed by atoms with E-state index in [-0.39, 0.29) is 26.4 Å². The van der Waals surface area contributed by atoms with Crippen LogP contribution in [0.5, 0.6) is 5.75 Å². The predicted molar refractivity (Wildman–Crippen MR) is 152 cm³/mol. The molecule has 0 fully saturated rings. The molecule has 6 aromatic heterocycles. The summed E-state index contributed by atoms with van der Waals surface area (Å²) in [5.41, 5.74) is 2.44. The van der Waals surface area contributed by atoms with E-state index in [1.807, 2.05) is 89.4 Å². The fourth-order valence-electron chi connectivity index (χ4n) is 3.23. The topological polar surface area (TPSA) is 127 Å². The molecule has 0 aromatic carbocycles. The van der Waals surface area contributed by atoms with Gasteiger partial charge in [-0.05, 0) is 23.8 Å². The molecule has 1 N–H and O–H groups in total. The minimum absolute atomic E-state index is 0. The number of ether oxygens (including phenoxy) is 1. The Morgan fingerprint density at radius 3 is 1.54 bits per heavy atom. The van der Waals surface area contributed by atoms with E-state index in [0.717, 1.165) is 34.3 Å². The van der Waals surface area contributed by atoms with Crippen LogP contribution < -0.4 is 4.74 Å². The van der Waals surface area contributed by atoms with Crippen molar-refractivity contribution in [3.05, 3.63) is 104 Å². The fraction of sp³-hybridized carbons (Fsp3) is 0.214. The van der Waals surface area contributed by atoms with Crippen molar-refractivity contribution in [2.75, 3.05) is 7.11 Å². The van der Waals surface area contributed by atoms with E-state index in [1.165, 1.54) is 0 Å². The summed E-state index contributed by atoms with van der Waals surface area (Å²) in [6.07, 6.45) is 21.4. The Labute approximate surface area is 252 Å². The first-order chi connectivity index (χ1) is 19.4. The Bertz CT molecular complexity index is 1410. The molecule has 6 rings (SSSR count). The molecule has 0 bridgehead atoms. The van der Waals surface area contributed by atoms with E-state index >= 15 is 0 Å². The summed E-state index contributed by atoms with van der Waals surface area (Å²) in [5.74, 6) is 2.43. The number of hydrogen-bond donors (Lipinski definition) is 1. The Kier molecular flexibility index (Phi) is 13.8. The summed E-state index contributed by atoms with van der Waals surface area (Å²) in [7, 11) is 9.36. The monoisotopic (exact) mass is 734 g/mol. The molecule has 0 saturated carbocycles. The maximum absolute atomic E-state index is 8.97. The van der Waals surface area contributed by atoms with Crippen LogP contribution in [0.4, 0.5) is 0 Å². The van der Waals surface area contributed by atoms with Gasteiger partial charge in [0.1, 0.15) is 17.1 Å². The molecule has 0 spiro atoms. The van der Waals surface area contributed by atoms with Crippen molar-refractivity contribution < 1.29 is 29.6 Å². The number of aromatic nitrogens is 10. The van der Waals surface area contributed by atoms with Crippen LogP contribution in [0.1, 0.15) is 5.56 Å². The molecule has 41 heavy (non-hydrogen) atoms. The molecule has 0 saturated heterocycles. The zero-order chi connectivity index (χ0) is 28.7. The van der Waals surface area contributed by atoms with E-state index < -0.39 is 0 Å². The standard InChI is InChI=1S/2C10H11N3O.2C4H6N2.Os/c1-13-6-5-12-10(13)9-7-8(14-2)3-4-11-9;1-13-5-4-12-10(13)9-6-8(7-14)2-3-11-9;2*1-6-3-2-5-4-6;/h3-7H,1-2H3;2-6,14H,7H2,1H3;2*2-4H,1H3;. The zero-order valence-corrected chi connectivity index (χ0v) is 26.2. The Morgan fingerprint density at radius 2 is 1.17 bits per heavy atom. The predicted octanol–water partition coefficient (Wildman–Crippen LogP) is 3.30. The van der Waals surface area contributed by atoms with Crippen LogP contribution in [0.2, 0.25) is 0 Å². The van der Waals surface area contributed by atoms with Crippen LogP contribution in [-0.2, 0) is 54.6 Å². The molecule has 0 aliphatic carbocycles. The number of aryl methyl sites for hydroxylation is 4. The third-order valence-corrected chi connectivity index (χ3v) is 5.35. The number of hydrogen-bond acceptors (Lipinski definition) is 8. The van der Waals surface area contributed by atoms with Gasteiger partial charge in [-0.1, -0.05) is 0 Å². The Balaban J connectivity index is 0.000000204. The fourth-order valence-corrected chi connectivity index (χ4v) is 3.23. The molecular formula is C28H34N10O2Os. The molecule has 6 aromatic rings. The van der Waals surface area contributed by atoms with E-state index in [1.54, 1.807) is 63.0 Å². The molecule has 13 heteroatoms. The van der Waals surface area contributed by atoms with Crippen LogP contribution in [0.3, 0.4) is 0 Å². The van der Waals surface area contributed by atoms with Gasteiger partial charge in [0.05, 0.1) is 26.4 Å². The maximum atomic E-state index is 8.97. The molecule has 0 aliphatic rings. The van der Waals surface area contributed by atoms with Crippen molar-refractivity contribution in [2.24, 2.45) is 28.2 Å². The molecular weight excluding hydrogens is 699 g/mol. The number of rotatable bonds is 4. The Morgan fingerprint density at radius 1 is 0.659 bits per heavy atom. The average Bonchev–Trinajstić information content (AvgIpc) is 3.81. The quantitative estimate of drug-likeness (QED) is 0.293. The van der Waals surface area contributed by atoms with Gasteiger partial charge in [-0.15, -0.1) is 0 Å². The number of imidazole rings is 4. The molecule has 0 unspecified atom stereocenters. The molecule has 0 atom stereocenters. The smallest absolute Gasteiger partial charge is 0.158 e. The summed E-state index contributed by atoms with van der Waals surface area (Å²) in [4.78, 5) is 24.4. The third kappa shape index (κ3) is 10.6. The first kappa shape index (κ1) is 32.7. The van der Waals surface area contributed by atoms with Crippen molar-refractivity contribution in [3.8, 4) is 28.8 Å². The second-order valence-electron chi connectivity index (χ2n) is 8.47. The van der Waals surface area contributed by atoms with E-state index in [2.05, 4.69) is 29.9 Å². The van der Waals surface area contributed by atoms with Gasteiger partial charge < -0.3 is 28.1 Å². The van der Waals surface area contributed by atoms with E-state index in [9.17, 15) is 0 Å². The van der Waals surface area contributed by atoms with Gasteiger partial charge in [0.15, 0.2) is 11.6 Å². The van der Waals surface area contributed by atoms with Gasteiger partial charge in [-0.25, -0.2) is 19.9 Å². The minimum Gasteiger partial charge on any atom is -0.497 e. The van der Waals surface area contributed by atoms with Crippen molar-refractivity contribution in [1.82, 2.24) is 48.2 Å². The maximum Gasteiger partial charge on any atom is 0.158 e. The summed E-state index contributed by atoms with van der Waals surface area (Å²) >= 11 is 0. The van der Waals surface area contributed by atoms with Gasteiger partial charge in [0, 0.05) is 116 Å². The van der Waals surface area contributed by atoms with Crippen LogP contribution in [0, 0.1) is 0 Å². The number of pyridine rings is 2. The van der Waals surface area contributed by atoms with Gasteiger partial charge in [0.2, 0.25) is 0 Å². The first-order valence-corrected chi connectivity index (χ1v) is 12.3. The van der Waals surface area contributed by atoms with E-state index in [0.29, 0.717) is 0 Å². The number of nitrogens with zero attached hydrogens (tertiary/aromatic N) is 10. The zero-order valence-electron chi connectivity index (χ0n) is 23.6. The second kappa shape index (κ2) is 17.3. The normalized spacial score (nSPS) is 9.61. The van der Waals surface area contributed by atoms with Gasteiger partial charge in [-0.3, -0.25) is 9.97 Å². The van der Waals surface area contributed by atoms with Crippen molar-refractivity contribution in [2.45, 2.75) is 6.61 Å². The SMILES string of the molecule is COc1ccnc(-c2nccn2C)c1.Cn1ccnc1.Cn1ccnc1.Cn1ccnc1-c1cc(CO)ccn1.[Os]. The molecule has 0 aliphatic heterocycles. The third-order valence-electron chi connectivity index (χ3n) is 5.35. The van der Waals surface area contributed by atoms with Gasteiger partial charge in [0.25, 0.3) is 0 Å². The first-order valence-electron chi connectivity index (χ1n) is 12.3. The summed E-state index contributed by atoms with van der Waals surface area (Å²) in [6, 6.07) is 7.30.